The maximum Gasteiger partial charge on any atom is 0.253 e. The highest BCUT2D eigenvalue weighted by Gasteiger charge is 2.40. The Morgan fingerprint density at radius 3 is 2.50 bits per heavy atom. The molecule has 1 aliphatic carbocycles. The lowest BCUT2D eigenvalue weighted by Gasteiger charge is -2.43. The number of carbonyl (C=O) groups excluding carboxylic acids is 1. The number of pyridine rings is 1. The summed E-state index contributed by atoms with van der Waals surface area (Å²) in [6, 6.07) is 4.67. The van der Waals surface area contributed by atoms with Crippen molar-refractivity contribution >= 4 is 22.5 Å². The molecular weight excluding hydrogens is 388 g/mol. The van der Waals surface area contributed by atoms with E-state index in [0.29, 0.717) is 22.2 Å². The lowest BCUT2D eigenvalue weighted by Crippen LogP contribution is -2.57. The van der Waals surface area contributed by atoms with Crippen molar-refractivity contribution in [1.82, 2.24) is 10.3 Å². The molecule has 1 aliphatic heterocycles. The van der Waals surface area contributed by atoms with Crippen LogP contribution >= 0.6 is 0 Å². The Bertz CT molecular complexity index is 955. The predicted molar refractivity (Wildman–Crippen MR) is 113 cm³/mol. The van der Waals surface area contributed by atoms with Crippen LogP contribution in [0.1, 0.15) is 56.8 Å². The fraction of sp³-hybridized carbons (Fsp3) is 0.565. The maximum atomic E-state index is 14.6. The normalized spacial score (nSPS) is 23.9. The summed E-state index contributed by atoms with van der Waals surface area (Å²) < 4.78 is 28.3. The average molecular weight is 418 g/mol. The zero-order valence-corrected chi connectivity index (χ0v) is 17.7. The summed E-state index contributed by atoms with van der Waals surface area (Å²) in [6.45, 7) is 5.49. The van der Waals surface area contributed by atoms with Crippen LogP contribution < -0.4 is 10.2 Å². The molecule has 1 aromatic heterocycles. The molecule has 2 N–H and O–H groups in total. The van der Waals surface area contributed by atoms with Gasteiger partial charge in [-0.2, -0.15) is 0 Å². The third kappa shape index (κ3) is 4.26. The number of alkyl halides is 1. The number of halogens is 2. The van der Waals surface area contributed by atoms with Crippen molar-refractivity contribution in [3.8, 4) is 0 Å². The van der Waals surface area contributed by atoms with E-state index in [1.165, 1.54) is 19.2 Å². The summed E-state index contributed by atoms with van der Waals surface area (Å²) in [4.78, 5) is 18.7. The van der Waals surface area contributed by atoms with Gasteiger partial charge in [-0.25, -0.2) is 8.78 Å². The number of nitrogens with zero attached hydrogens (tertiary/aromatic N) is 2. The summed E-state index contributed by atoms with van der Waals surface area (Å²) >= 11 is 0. The zero-order chi connectivity index (χ0) is 21.7. The maximum absolute atomic E-state index is 14.6. The van der Waals surface area contributed by atoms with Crippen LogP contribution in [-0.4, -0.2) is 46.4 Å². The summed E-state index contributed by atoms with van der Waals surface area (Å²) in [5, 5.41) is 13.7. The van der Waals surface area contributed by atoms with Gasteiger partial charge in [0.1, 0.15) is 11.5 Å². The fourth-order valence-corrected chi connectivity index (χ4v) is 4.64. The number of hydrogen-bond acceptors (Lipinski definition) is 4. The summed E-state index contributed by atoms with van der Waals surface area (Å²) in [7, 11) is 0. The average Bonchev–Trinajstić information content (AvgIpc) is 2.64. The highest BCUT2D eigenvalue weighted by molar-refractivity contribution is 5.97. The van der Waals surface area contributed by atoms with Crippen molar-refractivity contribution in [3.05, 3.63) is 35.8 Å². The Morgan fingerprint density at radius 1 is 1.23 bits per heavy atom. The van der Waals surface area contributed by atoms with Crippen LogP contribution in [0.4, 0.5) is 14.5 Å². The van der Waals surface area contributed by atoms with Gasteiger partial charge in [-0.05, 0) is 70.6 Å². The number of benzene rings is 1. The van der Waals surface area contributed by atoms with Crippen molar-refractivity contribution in [2.45, 2.75) is 63.8 Å². The zero-order valence-electron chi connectivity index (χ0n) is 17.7. The molecule has 7 heteroatoms. The summed E-state index contributed by atoms with van der Waals surface area (Å²) in [5.74, 6) is -0.425. The van der Waals surface area contributed by atoms with Crippen molar-refractivity contribution in [2.75, 3.05) is 18.0 Å². The Labute approximate surface area is 175 Å². The Balaban J connectivity index is 1.44. The second-order valence-corrected chi connectivity index (χ2v) is 9.67. The highest BCUT2D eigenvalue weighted by Crippen LogP contribution is 2.34. The van der Waals surface area contributed by atoms with Gasteiger partial charge in [0.2, 0.25) is 0 Å². The van der Waals surface area contributed by atoms with Gasteiger partial charge in [0.25, 0.3) is 5.91 Å². The van der Waals surface area contributed by atoms with E-state index in [-0.39, 0.29) is 31.0 Å². The van der Waals surface area contributed by atoms with Crippen LogP contribution in [0.5, 0.6) is 0 Å². The Hall–Kier alpha value is -2.28. The number of fused-ring (bicyclic) bond motifs is 1. The topological polar surface area (TPSA) is 65.5 Å². The molecule has 30 heavy (non-hydrogen) atoms. The fourth-order valence-electron chi connectivity index (χ4n) is 4.64. The van der Waals surface area contributed by atoms with Gasteiger partial charge in [-0.1, -0.05) is 0 Å². The minimum atomic E-state index is -1.29. The van der Waals surface area contributed by atoms with Crippen molar-refractivity contribution in [3.63, 3.8) is 0 Å². The SMILES string of the molecule is CC1(F)CN(c2cc3ncc(C(=O)NC4CCC(C(C)(C)O)CC4)cc3cc2F)C1. The first kappa shape index (κ1) is 21.0. The van der Waals surface area contributed by atoms with Gasteiger partial charge >= 0.3 is 0 Å². The quantitative estimate of drug-likeness (QED) is 0.790. The number of carbonyl (C=O) groups is 1. The van der Waals surface area contributed by atoms with E-state index in [1.807, 2.05) is 13.8 Å². The molecule has 1 saturated heterocycles. The van der Waals surface area contributed by atoms with Crippen LogP contribution in [0.2, 0.25) is 0 Å². The van der Waals surface area contributed by atoms with Crippen molar-refractivity contribution < 1.29 is 18.7 Å². The monoisotopic (exact) mass is 417 g/mol. The molecule has 0 unspecified atom stereocenters. The molecule has 0 atom stereocenters. The van der Waals surface area contributed by atoms with E-state index in [1.54, 1.807) is 17.0 Å². The molecule has 0 bridgehead atoms. The van der Waals surface area contributed by atoms with Gasteiger partial charge in [-0.15, -0.1) is 0 Å². The standard InChI is InChI=1S/C23H29F2N3O2/c1-22(2,30)16-4-6-17(7-5-16)27-21(29)15-8-14-9-18(24)20(10-19(14)26-11-15)28-12-23(3,25)13-28/h8-11,16-17,30H,4-7,12-13H2,1-3H3,(H,27,29). The van der Waals surface area contributed by atoms with E-state index >= 15 is 0 Å². The first-order valence-corrected chi connectivity index (χ1v) is 10.6. The lowest BCUT2D eigenvalue weighted by atomic mass is 9.77. The predicted octanol–water partition coefficient (Wildman–Crippen LogP) is 3.98. The number of rotatable bonds is 4. The number of amides is 1. The van der Waals surface area contributed by atoms with Gasteiger partial charge < -0.3 is 15.3 Å². The van der Waals surface area contributed by atoms with Crippen LogP contribution in [-0.2, 0) is 0 Å². The first-order chi connectivity index (χ1) is 14.0. The largest absolute Gasteiger partial charge is 0.390 e. The van der Waals surface area contributed by atoms with Gasteiger partial charge in [0, 0.05) is 17.6 Å². The number of aromatic nitrogens is 1. The van der Waals surface area contributed by atoms with E-state index in [9.17, 15) is 18.7 Å². The van der Waals surface area contributed by atoms with E-state index < -0.39 is 17.1 Å². The van der Waals surface area contributed by atoms with Crippen LogP contribution in [0.3, 0.4) is 0 Å². The molecule has 2 fully saturated rings. The van der Waals surface area contributed by atoms with Crippen molar-refractivity contribution in [1.29, 1.82) is 0 Å². The number of nitrogens with one attached hydrogen (secondary N) is 1. The second kappa shape index (κ2) is 7.45. The smallest absolute Gasteiger partial charge is 0.253 e. The van der Waals surface area contributed by atoms with E-state index in [0.717, 1.165) is 25.7 Å². The van der Waals surface area contributed by atoms with Gasteiger partial charge in [-0.3, -0.25) is 9.78 Å². The molecule has 1 amide bonds. The molecule has 1 aromatic carbocycles. The van der Waals surface area contributed by atoms with Gasteiger partial charge in [0.15, 0.2) is 0 Å². The molecule has 0 radical (unpaired) electrons. The molecule has 2 heterocycles. The second-order valence-electron chi connectivity index (χ2n) is 9.67. The highest BCUT2D eigenvalue weighted by atomic mass is 19.1. The van der Waals surface area contributed by atoms with Crippen molar-refractivity contribution in [2.24, 2.45) is 5.92 Å². The molecule has 162 valence electrons. The Morgan fingerprint density at radius 2 is 1.90 bits per heavy atom. The number of aliphatic hydroxyl groups is 1. The Kier molecular flexibility index (Phi) is 5.21. The lowest BCUT2D eigenvalue weighted by molar-refractivity contribution is -0.00257. The minimum absolute atomic E-state index is 0.0623. The molecule has 4 rings (SSSR count). The van der Waals surface area contributed by atoms with Gasteiger partial charge in [0.05, 0.1) is 35.5 Å². The summed E-state index contributed by atoms with van der Waals surface area (Å²) in [5.41, 5.74) is -0.687. The number of hydrogen-bond donors (Lipinski definition) is 2. The molecule has 2 aromatic rings. The third-order valence-corrected chi connectivity index (χ3v) is 6.46. The first-order valence-electron chi connectivity index (χ1n) is 10.6. The summed E-state index contributed by atoms with van der Waals surface area (Å²) in [6.07, 6.45) is 4.88. The number of anilines is 1. The third-order valence-electron chi connectivity index (χ3n) is 6.46. The van der Waals surface area contributed by atoms with Crippen LogP contribution in [0, 0.1) is 11.7 Å². The molecule has 5 nitrogen and oxygen atoms in total. The molecule has 2 aliphatic rings. The molecule has 0 spiro atoms. The van der Waals surface area contributed by atoms with E-state index in [2.05, 4.69) is 10.3 Å². The minimum Gasteiger partial charge on any atom is -0.390 e. The van der Waals surface area contributed by atoms with E-state index in [4.69, 9.17) is 0 Å². The molecular formula is C23H29F2N3O2. The van der Waals surface area contributed by atoms with Crippen LogP contribution in [0.15, 0.2) is 24.4 Å². The molecule has 1 saturated carbocycles. The van der Waals surface area contributed by atoms with Crippen LogP contribution in [0.25, 0.3) is 10.9 Å².